The van der Waals surface area contributed by atoms with Crippen LogP contribution in [0.15, 0.2) is 28.9 Å². The van der Waals surface area contributed by atoms with E-state index in [1.807, 2.05) is 0 Å². The molecule has 3 aromatic rings. The Bertz CT molecular complexity index is 1050. The highest BCUT2D eigenvalue weighted by molar-refractivity contribution is 6.07. The molecule has 0 N–H and O–H groups in total. The zero-order chi connectivity index (χ0) is 20.5. The van der Waals surface area contributed by atoms with Gasteiger partial charge in [-0.15, -0.1) is 0 Å². The molecule has 7 heteroatoms. The standard InChI is InChI=1S/C22H26N4O3/c1-5-28-22(27)18-16(4)29-21-19(18)20(23-13-24-21)26-10-8-25(9-11-26)17-12-14(2)6-7-15(17)3/h6-7,12-13H,5,8-11H2,1-4H3. The number of anilines is 2. The fourth-order valence-electron chi connectivity index (χ4n) is 3.94. The smallest absolute Gasteiger partial charge is 0.342 e. The molecule has 1 saturated heterocycles. The van der Waals surface area contributed by atoms with Crippen molar-refractivity contribution in [3.8, 4) is 0 Å². The first-order chi connectivity index (χ1) is 14.0. The summed E-state index contributed by atoms with van der Waals surface area (Å²) in [5.41, 5.74) is 4.67. The summed E-state index contributed by atoms with van der Waals surface area (Å²) in [5.74, 6) is 0.846. The molecule has 0 bridgehead atoms. The van der Waals surface area contributed by atoms with E-state index in [-0.39, 0.29) is 0 Å². The summed E-state index contributed by atoms with van der Waals surface area (Å²) >= 11 is 0. The number of hydrogen-bond acceptors (Lipinski definition) is 7. The number of fused-ring (bicyclic) bond motifs is 1. The van der Waals surface area contributed by atoms with Gasteiger partial charge in [-0.2, -0.15) is 0 Å². The minimum atomic E-state index is -0.395. The summed E-state index contributed by atoms with van der Waals surface area (Å²) in [6.45, 7) is 11.5. The lowest BCUT2D eigenvalue weighted by atomic mass is 10.1. The van der Waals surface area contributed by atoms with E-state index in [1.54, 1.807) is 13.8 Å². The highest BCUT2D eigenvalue weighted by Crippen LogP contribution is 2.33. The lowest BCUT2D eigenvalue weighted by Crippen LogP contribution is -2.47. The number of ether oxygens (including phenoxy) is 1. The summed E-state index contributed by atoms with van der Waals surface area (Å²) in [5, 5.41) is 0.642. The second-order valence-electron chi connectivity index (χ2n) is 7.40. The fraction of sp³-hybridized carbons (Fsp3) is 0.409. The van der Waals surface area contributed by atoms with Gasteiger partial charge in [0.1, 0.15) is 23.5 Å². The molecule has 0 amide bonds. The van der Waals surface area contributed by atoms with Crippen molar-refractivity contribution < 1.29 is 13.9 Å². The number of carbonyl (C=O) groups excluding carboxylic acids is 1. The number of nitrogens with zero attached hydrogens (tertiary/aromatic N) is 4. The Morgan fingerprint density at radius 3 is 2.55 bits per heavy atom. The van der Waals surface area contributed by atoms with E-state index in [9.17, 15) is 4.79 Å². The number of piperazine rings is 1. The van der Waals surface area contributed by atoms with Gasteiger partial charge in [-0.3, -0.25) is 0 Å². The molecule has 0 spiro atoms. The Hall–Kier alpha value is -3.09. The Morgan fingerprint density at radius 2 is 1.83 bits per heavy atom. The van der Waals surface area contributed by atoms with E-state index in [0.717, 1.165) is 32.0 Å². The number of hydrogen-bond donors (Lipinski definition) is 0. The fourth-order valence-corrected chi connectivity index (χ4v) is 3.94. The lowest BCUT2D eigenvalue weighted by Gasteiger charge is -2.37. The molecule has 0 aliphatic carbocycles. The number of esters is 1. The van der Waals surface area contributed by atoms with Crippen LogP contribution in [0.2, 0.25) is 0 Å². The van der Waals surface area contributed by atoms with Gasteiger partial charge in [-0.25, -0.2) is 14.8 Å². The normalized spacial score (nSPS) is 14.5. The first kappa shape index (κ1) is 19.2. The highest BCUT2D eigenvalue weighted by Gasteiger charge is 2.28. The van der Waals surface area contributed by atoms with Crippen molar-refractivity contribution in [1.82, 2.24) is 9.97 Å². The monoisotopic (exact) mass is 394 g/mol. The zero-order valence-electron chi connectivity index (χ0n) is 17.4. The zero-order valence-corrected chi connectivity index (χ0v) is 17.4. The quantitative estimate of drug-likeness (QED) is 0.626. The molecule has 1 aromatic carbocycles. The van der Waals surface area contributed by atoms with Gasteiger partial charge in [0.25, 0.3) is 0 Å². The van der Waals surface area contributed by atoms with Crippen LogP contribution in [0.5, 0.6) is 0 Å². The molecule has 29 heavy (non-hydrogen) atoms. The minimum Gasteiger partial charge on any atom is -0.462 e. The summed E-state index contributed by atoms with van der Waals surface area (Å²) in [6, 6.07) is 6.56. The molecule has 3 heterocycles. The third-order valence-electron chi connectivity index (χ3n) is 5.41. The van der Waals surface area contributed by atoms with Crippen LogP contribution in [0.25, 0.3) is 11.1 Å². The lowest BCUT2D eigenvalue weighted by molar-refractivity contribution is 0.0526. The van der Waals surface area contributed by atoms with Crippen LogP contribution in [-0.2, 0) is 4.74 Å². The average Bonchev–Trinajstić information content (AvgIpc) is 3.06. The SMILES string of the molecule is CCOC(=O)c1c(C)oc2ncnc(N3CCN(c4cc(C)ccc4C)CC3)c12. The maximum Gasteiger partial charge on any atom is 0.342 e. The maximum atomic E-state index is 12.5. The second-order valence-corrected chi connectivity index (χ2v) is 7.40. The van der Waals surface area contributed by atoms with Crippen molar-refractivity contribution in [2.75, 3.05) is 42.6 Å². The van der Waals surface area contributed by atoms with Crippen molar-refractivity contribution in [3.05, 3.63) is 47.0 Å². The van der Waals surface area contributed by atoms with Crippen molar-refractivity contribution >= 4 is 28.6 Å². The molecule has 1 aliphatic heterocycles. The third-order valence-corrected chi connectivity index (χ3v) is 5.41. The second kappa shape index (κ2) is 7.73. The Labute approximate surface area is 170 Å². The topological polar surface area (TPSA) is 71.7 Å². The number of furan rings is 1. The number of aromatic nitrogens is 2. The Kier molecular flexibility index (Phi) is 5.13. The molecule has 0 radical (unpaired) electrons. The van der Waals surface area contributed by atoms with Crippen molar-refractivity contribution in [3.63, 3.8) is 0 Å². The molecular formula is C22H26N4O3. The van der Waals surface area contributed by atoms with E-state index in [1.165, 1.54) is 23.1 Å². The summed E-state index contributed by atoms with van der Waals surface area (Å²) in [6.07, 6.45) is 1.49. The van der Waals surface area contributed by atoms with Gasteiger partial charge in [0.15, 0.2) is 0 Å². The predicted octanol–water partition coefficient (Wildman–Crippen LogP) is 3.65. The van der Waals surface area contributed by atoms with Gasteiger partial charge in [0.2, 0.25) is 5.71 Å². The minimum absolute atomic E-state index is 0.308. The summed E-state index contributed by atoms with van der Waals surface area (Å²) < 4.78 is 11.0. The van der Waals surface area contributed by atoms with Crippen LogP contribution >= 0.6 is 0 Å². The molecule has 0 atom stereocenters. The number of aryl methyl sites for hydroxylation is 3. The maximum absolute atomic E-state index is 12.5. The first-order valence-corrected chi connectivity index (χ1v) is 9.98. The molecule has 0 saturated carbocycles. The predicted molar refractivity (Wildman–Crippen MR) is 113 cm³/mol. The largest absolute Gasteiger partial charge is 0.462 e. The molecule has 1 aliphatic rings. The van der Waals surface area contributed by atoms with Crippen molar-refractivity contribution in [2.24, 2.45) is 0 Å². The molecule has 2 aromatic heterocycles. The van der Waals surface area contributed by atoms with Gasteiger partial charge in [-0.1, -0.05) is 12.1 Å². The van der Waals surface area contributed by atoms with Gasteiger partial charge in [0.05, 0.1) is 12.0 Å². The molecule has 152 valence electrons. The van der Waals surface area contributed by atoms with Crippen LogP contribution in [0.1, 0.15) is 34.2 Å². The van der Waals surface area contributed by atoms with E-state index in [2.05, 4.69) is 51.8 Å². The van der Waals surface area contributed by atoms with Crippen LogP contribution in [0.4, 0.5) is 11.5 Å². The number of rotatable bonds is 4. The van der Waals surface area contributed by atoms with Gasteiger partial charge < -0.3 is 19.0 Å². The number of benzene rings is 1. The molecule has 7 nitrogen and oxygen atoms in total. The van der Waals surface area contributed by atoms with Crippen molar-refractivity contribution in [1.29, 1.82) is 0 Å². The average molecular weight is 394 g/mol. The van der Waals surface area contributed by atoms with Crippen LogP contribution < -0.4 is 9.80 Å². The molecular weight excluding hydrogens is 368 g/mol. The molecule has 1 fully saturated rings. The van der Waals surface area contributed by atoms with E-state index in [4.69, 9.17) is 9.15 Å². The Balaban J connectivity index is 1.63. The molecule has 4 rings (SSSR count). The van der Waals surface area contributed by atoms with Crippen LogP contribution in [0, 0.1) is 20.8 Å². The van der Waals surface area contributed by atoms with E-state index < -0.39 is 5.97 Å². The van der Waals surface area contributed by atoms with Gasteiger partial charge in [-0.05, 0) is 44.9 Å². The van der Waals surface area contributed by atoms with Crippen molar-refractivity contribution in [2.45, 2.75) is 27.7 Å². The molecule has 0 unspecified atom stereocenters. The van der Waals surface area contributed by atoms with Gasteiger partial charge >= 0.3 is 5.97 Å². The van der Waals surface area contributed by atoms with E-state index in [0.29, 0.717) is 29.0 Å². The highest BCUT2D eigenvalue weighted by atomic mass is 16.5. The van der Waals surface area contributed by atoms with E-state index >= 15 is 0 Å². The van der Waals surface area contributed by atoms with Gasteiger partial charge in [0, 0.05) is 31.9 Å². The third kappa shape index (κ3) is 3.52. The van der Waals surface area contributed by atoms with Crippen LogP contribution in [0.3, 0.4) is 0 Å². The summed E-state index contributed by atoms with van der Waals surface area (Å²) in [4.78, 5) is 25.8. The number of carbonyl (C=O) groups is 1. The Morgan fingerprint density at radius 1 is 1.10 bits per heavy atom. The summed E-state index contributed by atoms with van der Waals surface area (Å²) in [7, 11) is 0. The first-order valence-electron chi connectivity index (χ1n) is 9.98. The van der Waals surface area contributed by atoms with Crippen LogP contribution in [-0.4, -0.2) is 48.7 Å².